The summed E-state index contributed by atoms with van der Waals surface area (Å²) in [6.07, 6.45) is 35.6. The van der Waals surface area contributed by atoms with E-state index in [0.29, 0.717) is 19.3 Å². The number of nitrogens with zero attached hydrogens (tertiary/aromatic N) is 1. The van der Waals surface area contributed by atoms with Crippen molar-refractivity contribution in [3.63, 3.8) is 0 Å². The van der Waals surface area contributed by atoms with Crippen molar-refractivity contribution in [2.75, 3.05) is 41.0 Å². The van der Waals surface area contributed by atoms with E-state index in [-0.39, 0.29) is 36.2 Å². The van der Waals surface area contributed by atoms with Crippen LogP contribution in [0.4, 0.5) is 0 Å². The van der Waals surface area contributed by atoms with Gasteiger partial charge in [-0.3, -0.25) is 9.59 Å². The van der Waals surface area contributed by atoms with Gasteiger partial charge in [0.1, 0.15) is 6.61 Å². The fourth-order valence-electron chi connectivity index (χ4n) is 6.80. The Bertz CT molecular complexity index is 828. The van der Waals surface area contributed by atoms with E-state index in [1.807, 2.05) is 21.1 Å². The summed E-state index contributed by atoms with van der Waals surface area (Å²) >= 11 is 0. The maximum absolute atomic E-state index is 12.7. The highest BCUT2D eigenvalue weighted by molar-refractivity contribution is 5.72. The number of rotatable bonds is 40. The number of carbonyl (C=O) groups excluding carboxylic acids is 2. The number of likely N-dealkylation sites (N-methyl/N-ethyl adjacent to an activating group) is 1. The van der Waals surface area contributed by atoms with E-state index in [9.17, 15) is 19.5 Å². The highest BCUT2D eigenvalue weighted by Gasteiger charge is 2.31. The van der Waals surface area contributed by atoms with Crippen molar-refractivity contribution in [2.45, 2.75) is 225 Å². The first-order chi connectivity index (χ1) is 25.1. The Morgan fingerprint density at radius 1 is 0.500 bits per heavy atom. The van der Waals surface area contributed by atoms with Gasteiger partial charge in [-0.2, -0.15) is 0 Å². The molecule has 0 aliphatic heterocycles. The molecule has 0 aliphatic rings. The van der Waals surface area contributed by atoms with E-state index in [0.717, 1.165) is 38.5 Å². The Morgan fingerprint density at radius 3 is 1.19 bits per heavy atom. The molecule has 0 amide bonds. The molecule has 0 rings (SSSR count). The molecule has 8 heteroatoms. The SMILES string of the molecule is CCCCCCCCCCCCCCCCCCC(=O)OC(COCCC(C(=O)O)[N+](C)(C)C)COC(=O)CCCCCCCCCCCCCC. The predicted molar refractivity (Wildman–Crippen MR) is 216 cm³/mol. The molecule has 52 heavy (non-hydrogen) atoms. The van der Waals surface area contributed by atoms with Gasteiger partial charge < -0.3 is 23.8 Å². The molecule has 308 valence electrons. The molecule has 0 radical (unpaired) electrons. The van der Waals surface area contributed by atoms with Gasteiger partial charge in [-0.25, -0.2) is 4.79 Å². The molecule has 0 heterocycles. The molecule has 1 N–H and O–H groups in total. The largest absolute Gasteiger partial charge is 0.477 e. The van der Waals surface area contributed by atoms with E-state index in [1.165, 1.54) is 141 Å². The summed E-state index contributed by atoms with van der Waals surface area (Å²) in [6, 6.07) is -0.607. The predicted octanol–water partition coefficient (Wildman–Crippen LogP) is 11.8. The summed E-state index contributed by atoms with van der Waals surface area (Å²) in [7, 11) is 5.54. The smallest absolute Gasteiger partial charge is 0.362 e. The third-order valence-electron chi connectivity index (χ3n) is 10.3. The van der Waals surface area contributed by atoms with E-state index in [1.54, 1.807) is 0 Å². The molecule has 0 bridgehead atoms. The van der Waals surface area contributed by atoms with Gasteiger partial charge in [-0.05, 0) is 12.8 Å². The number of hydrogen-bond donors (Lipinski definition) is 1. The highest BCUT2D eigenvalue weighted by atomic mass is 16.6. The van der Waals surface area contributed by atoms with Crippen LogP contribution in [0.2, 0.25) is 0 Å². The second-order valence-corrected chi connectivity index (χ2v) is 16.3. The monoisotopic (exact) mass is 741 g/mol. The number of carboxylic acid groups (broad SMARTS) is 1. The van der Waals surface area contributed by atoms with Crippen LogP contribution < -0.4 is 0 Å². The average Bonchev–Trinajstić information content (AvgIpc) is 3.09. The van der Waals surface area contributed by atoms with Crippen molar-refractivity contribution >= 4 is 17.9 Å². The highest BCUT2D eigenvalue weighted by Crippen LogP contribution is 2.16. The zero-order valence-electron chi connectivity index (χ0n) is 35.0. The van der Waals surface area contributed by atoms with Crippen LogP contribution >= 0.6 is 0 Å². The van der Waals surface area contributed by atoms with Crippen molar-refractivity contribution < 1.29 is 38.2 Å². The van der Waals surface area contributed by atoms with Gasteiger partial charge in [-0.1, -0.05) is 181 Å². The van der Waals surface area contributed by atoms with Gasteiger partial charge in [0.2, 0.25) is 0 Å². The minimum atomic E-state index is -0.871. The maximum Gasteiger partial charge on any atom is 0.362 e. The van der Waals surface area contributed by atoms with Gasteiger partial charge in [0, 0.05) is 19.3 Å². The van der Waals surface area contributed by atoms with Crippen LogP contribution in [0, 0.1) is 0 Å². The van der Waals surface area contributed by atoms with Gasteiger partial charge in [0.05, 0.1) is 34.4 Å². The van der Waals surface area contributed by atoms with Crippen LogP contribution in [0.15, 0.2) is 0 Å². The van der Waals surface area contributed by atoms with Crippen molar-refractivity contribution in [3.8, 4) is 0 Å². The van der Waals surface area contributed by atoms with Gasteiger partial charge in [0.25, 0.3) is 0 Å². The lowest BCUT2D eigenvalue weighted by atomic mass is 10.0. The van der Waals surface area contributed by atoms with E-state index < -0.39 is 18.1 Å². The Morgan fingerprint density at radius 2 is 0.846 bits per heavy atom. The molecule has 0 saturated carbocycles. The van der Waals surface area contributed by atoms with Crippen molar-refractivity contribution in [2.24, 2.45) is 0 Å². The zero-order valence-corrected chi connectivity index (χ0v) is 35.0. The Kier molecular flexibility index (Phi) is 35.1. The van der Waals surface area contributed by atoms with E-state index in [2.05, 4.69) is 13.8 Å². The first-order valence-electron chi connectivity index (χ1n) is 22.1. The van der Waals surface area contributed by atoms with Gasteiger partial charge in [-0.15, -0.1) is 0 Å². The summed E-state index contributed by atoms with van der Waals surface area (Å²) < 4.78 is 17.3. The lowest BCUT2D eigenvalue weighted by Gasteiger charge is -2.31. The number of esters is 2. The molecule has 2 atom stereocenters. The van der Waals surface area contributed by atoms with E-state index >= 15 is 0 Å². The summed E-state index contributed by atoms with van der Waals surface area (Å²) in [5.74, 6) is -1.45. The Labute approximate surface area is 321 Å². The summed E-state index contributed by atoms with van der Waals surface area (Å²) in [5.41, 5.74) is 0. The third kappa shape index (κ3) is 34.1. The quantitative estimate of drug-likeness (QED) is 0.0379. The van der Waals surface area contributed by atoms with Crippen LogP contribution in [0.3, 0.4) is 0 Å². The Hall–Kier alpha value is -1.67. The topological polar surface area (TPSA) is 99.1 Å². The average molecular weight is 741 g/mol. The number of carboxylic acids is 1. The summed E-state index contributed by atoms with van der Waals surface area (Å²) in [5, 5.41) is 9.61. The molecule has 0 aromatic heterocycles. The summed E-state index contributed by atoms with van der Waals surface area (Å²) in [4.78, 5) is 36.9. The fourth-order valence-corrected chi connectivity index (χ4v) is 6.80. The molecule has 2 unspecified atom stereocenters. The molecule has 0 aromatic carbocycles. The van der Waals surface area contributed by atoms with Crippen molar-refractivity contribution in [3.05, 3.63) is 0 Å². The first kappa shape index (κ1) is 50.3. The molecular formula is C44H86NO7+. The molecule has 0 spiro atoms. The number of unbranched alkanes of at least 4 members (excludes halogenated alkanes) is 26. The number of hydrogen-bond acceptors (Lipinski definition) is 6. The van der Waals surface area contributed by atoms with Crippen molar-refractivity contribution in [1.29, 1.82) is 0 Å². The minimum absolute atomic E-state index is 0.0422. The normalized spacial score (nSPS) is 12.9. The second-order valence-electron chi connectivity index (χ2n) is 16.3. The van der Waals surface area contributed by atoms with Gasteiger partial charge in [0.15, 0.2) is 12.1 Å². The molecule has 0 saturated heterocycles. The molecule has 0 aliphatic carbocycles. The molecule has 0 aromatic rings. The number of quaternary nitrogens is 1. The van der Waals surface area contributed by atoms with Crippen LogP contribution in [-0.2, 0) is 28.6 Å². The number of carbonyl (C=O) groups is 3. The zero-order chi connectivity index (χ0) is 38.5. The number of aliphatic carboxylic acids is 1. The molecule has 8 nitrogen and oxygen atoms in total. The van der Waals surface area contributed by atoms with Gasteiger partial charge >= 0.3 is 17.9 Å². The van der Waals surface area contributed by atoms with Crippen LogP contribution in [-0.4, -0.2) is 80.6 Å². The van der Waals surface area contributed by atoms with Crippen LogP contribution in [0.5, 0.6) is 0 Å². The minimum Gasteiger partial charge on any atom is -0.477 e. The lowest BCUT2D eigenvalue weighted by molar-refractivity contribution is -0.887. The van der Waals surface area contributed by atoms with Crippen LogP contribution in [0.1, 0.15) is 213 Å². The molecule has 0 fully saturated rings. The summed E-state index contributed by atoms with van der Waals surface area (Å²) in [6.45, 7) is 4.76. The second kappa shape index (κ2) is 36.3. The van der Waals surface area contributed by atoms with Crippen molar-refractivity contribution in [1.82, 2.24) is 0 Å². The molecular weight excluding hydrogens is 654 g/mol. The van der Waals surface area contributed by atoms with Crippen LogP contribution in [0.25, 0.3) is 0 Å². The fraction of sp³-hybridized carbons (Fsp3) is 0.932. The first-order valence-corrected chi connectivity index (χ1v) is 22.1. The standard InChI is InChI=1S/C44H85NO7/c1-6-8-10-12-14-16-18-20-21-22-23-25-27-29-31-33-35-43(47)52-40(38-50-37-36-41(44(48)49)45(3,4)5)39-51-42(46)34-32-30-28-26-24-19-17-15-13-11-9-7-2/h40-41H,6-39H2,1-5H3/p+1. The number of ether oxygens (including phenoxy) is 3. The maximum atomic E-state index is 12.7. The van der Waals surface area contributed by atoms with E-state index in [4.69, 9.17) is 14.2 Å². The lowest BCUT2D eigenvalue weighted by Crippen LogP contribution is -2.50. The third-order valence-corrected chi connectivity index (χ3v) is 10.3. The Balaban J connectivity index is 4.29.